The minimum absolute atomic E-state index is 0.0301. The standard InChI is InChI=1S/C17H20Cl2N4O3S/c1-10(24)22-4-2-3-11(7-22)8-23-9-12-5-13(18)15-14(19)6-20-17(15)16(12)21-27(23,25)26/h5-6,11,20-21H,2-4,7-9H2,1H3/t11-/m0/s1. The summed E-state index contributed by atoms with van der Waals surface area (Å²) in [6.07, 6.45) is 3.38. The Morgan fingerprint density at radius 2 is 2.11 bits per heavy atom. The number of amides is 1. The first kappa shape index (κ1) is 18.9. The molecule has 27 heavy (non-hydrogen) atoms. The van der Waals surface area contributed by atoms with Gasteiger partial charge in [0.25, 0.3) is 0 Å². The molecule has 7 nitrogen and oxygen atoms in total. The van der Waals surface area contributed by atoms with E-state index in [9.17, 15) is 13.2 Å². The number of H-pyrrole nitrogens is 1. The van der Waals surface area contributed by atoms with E-state index in [-0.39, 0.29) is 18.4 Å². The van der Waals surface area contributed by atoms with Crippen LogP contribution < -0.4 is 4.72 Å². The van der Waals surface area contributed by atoms with E-state index in [1.165, 1.54) is 4.31 Å². The normalized spacial score (nSPS) is 22.5. The van der Waals surface area contributed by atoms with Gasteiger partial charge in [-0.25, -0.2) is 0 Å². The number of fused-ring (bicyclic) bond motifs is 3. The minimum Gasteiger partial charge on any atom is -0.358 e. The van der Waals surface area contributed by atoms with Gasteiger partial charge in [-0.15, -0.1) is 0 Å². The first-order valence-corrected chi connectivity index (χ1v) is 11.0. The van der Waals surface area contributed by atoms with Crippen LogP contribution in [0.3, 0.4) is 0 Å². The summed E-state index contributed by atoms with van der Waals surface area (Å²) < 4.78 is 29.7. The Morgan fingerprint density at radius 1 is 1.33 bits per heavy atom. The average molecular weight is 431 g/mol. The first-order chi connectivity index (χ1) is 12.8. The van der Waals surface area contributed by atoms with Gasteiger partial charge in [-0.1, -0.05) is 23.2 Å². The van der Waals surface area contributed by atoms with Crippen molar-refractivity contribution in [3.05, 3.63) is 27.9 Å². The smallest absolute Gasteiger partial charge is 0.302 e. The number of carbonyl (C=O) groups excluding carboxylic acids is 1. The Labute approximate surface area is 167 Å². The molecule has 146 valence electrons. The van der Waals surface area contributed by atoms with Crippen molar-refractivity contribution in [3.8, 4) is 0 Å². The summed E-state index contributed by atoms with van der Waals surface area (Å²) in [5.74, 6) is 0.141. The maximum atomic E-state index is 12.8. The van der Waals surface area contributed by atoms with Crippen LogP contribution in [0.5, 0.6) is 0 Å². The average Bonchev–Trinajstić information content (AvgIpc) is 2.99. The van der Waals surface area contributed by atoms with Crippen LogP contribution in [0, 0.1) is 5.92 Å². The number of rotatable bonds is 2. The quantitative estimate of drug-likeness (QED) is 0.766. The minimum atomic E-state index is -3.70. The molecule has 2 aromatic rings. The van der Waals surface area contributed by atoms with E-state index in [4.69, 9.17) is 23.2 Å². The number of hydrogen-bond acceptors (Lipinski definition) is 3. The molecule has 1 atom stereocenters. The van der Waals surface area contributed by atoms with Crippen LogP contribution in [0.2, 0.25) is 10.0 Å². The molecular weight excluding hydrogens is 411 g/mol. The maximum Gasteiger partial charge on any atom is 0.302 e. The van der Waals surface area contributed by atoms with Crippen molar-refractivity contribution in [2.45, 2.75) is 26.3 Å². The van der Waals surface area contributed by atoms with Gasteiger partial charge in [-0.2, -0.15) is 12.7 Å². The second kappa shape index (κ2) is 6.84. The van der Waals surface area contributed by atoms with Crippen LogP contribution in [0.25, 0.3) is 10.9 Å². The number of piperidine rings is 1. The van der Waals surface area contributed by atoms with Gasteiger partial charge in [0.2, 0.25) is 5.91 Å². The van der Waals surface area contributed by atoms with E-state index in [1.54, 1.807) is 24.1 Å². The van der Waals surface area contributed by atoms with Crippen molar-refractivity contribution in [2.24, 2.45) is 5.92 Å². The molecule has 1 aromatic heterocycles. The van der Waals surface area contributed by atoms with Gasteiger partial charge in [-0.05, 0) is 30.4 Å². The van der Waals surface area contributed by atoms with Crippen LogP contribution in [-0.4, -0.2) is 48.1 Å². The molecule has 2 aliphatic rings. The van der Waals surface area contributed by atoms with E-state index in [0.717, 1.165) is 24.9 Å². The Bertz CT molecular complexity index is 1020. The molecule has 4 rings (SSSR count). The number of aromatic amines is 1. The summed E-state index contributed by atoms with van der Waals surface area (Å²) in [5, 5.41) is 1.54. The molecule has 0 radical (unpaired) electrons. The fourth-order valence-corrected chi connectivity index (χ4v) is 5.91. The highest BCUT2D eigenvalue weighted by atomic mass is 35.5. The maximum absolute atomic E-state index is 12.8. The summed E-state index contributed by atoms with van der Waals surface area (Å²) in [4.78, 5) is 16.4. The van der Waals surface area contributed by atoms with Crippen molar-refractivity contribution in [1.29, 1.82) is 0 Å². The molecule has 0 bridgehead atoms. The van der Waals surface area contributed by atoms with Gasteiger partial charge in [0.1, 0.15) is 0 Å². The molecule has 1 amide bonds. The highest BCUT2D eigenvalue weighted by Crippen LogP contribution is 2.40. The van der Waals surface area contributed by atoms with Crippen LogP contribution >= 0.6 is 23.2 Å². The summed E-state index contributed by atoms with van der Waals surface area (Å²) in [6.45, 7) is 3.46. The van der Waals surface area contributed by atoms with Crippen molar-refractivity contribution in [2.75, 3.05) is 24.4 Å². The van der Waals surface area contributed by atoms with E-state index < -0.39 is 10.2 Å². The molecule has 10 heteroatoms. The zero-order valence-electron chi connectivity index (χ0n) is 14.8. The topological polar surface area (TPSA) is 85.5 Å². The van der Waals surface area contributed by atoms with E-state index in [2.05, 4.69) is 9.71 Å². The lowest BCUT2D eigenvalue weighted by molar-refractivity contribution is -0.130. The number of likely N-dealkylation sites (tertiary alicyclic amines) is 1. The van der Waals surface area contributed by atoms with Crippen molar-refractivity contribution >= 4 is 55.9 Å². The highest BCUT2D eigenvalue weighted by molar-refractivity contribution is 7.90. The van der Waals surface area contributed by atoms with Crippen LogP contribution in [-0.2, 0) is 21.5 Å². The van der Waals surface area contributed by atoms with Gasteiger partial charge in [0, 0.05) is 44.7 Å². The lowest BCUT2D eigenvalue weighted by Gasteiger charge is -2.36. The van der Waals surface area contributed by atoms with Crippen LogP contribution in [0.1, 0.15) is 25.3 Å². The van der Waals surface area contributed by atoms with E-state index in [1.807, 2.05) is 0 Å². The van der Waals surface area contributed by atoms with Crippen LogP contribution in [0.15, 0.2) is 12.3 Å². The predicted molar refractivity (Wildman–Crippen MR) is 106 cm³/mol. The van der Waals surface area contributed by atoms with E-state index in [0.29, 0.717) is 39.7 Å². The molecule has 0 unspecified atom stereocenters. The first-order valence-electron chi connectivity index (χ1n) is 8.77. The van der Waals surface area contributed by atoms with Gasteiger partial charge in [0.15, 0.2) is 0 Å². The third-order valence-corrected chi connectivity index (χ3v) is 7.30. The molecule has 0 aliphatic carbocycles. The number of anilines is 1. The van der Waals surface area contributed by atoms with Crippen molar-refractivity contribution in [1.82, 2.24) is 14.2 Å². The van der Waals surface area contributed by atoms with Gasteiger partial charge in [0.05, 0.1) is 21.2 Å². The number of carbonyl (C=O) groups is 1. The SMILES string of the molecule is CC(=O)N1CCC[C@H](CN2Cc3cc(Cl)c4c(Cl)c[nH]c4c3NS2(=O)=O)C1. The Hall–Kier alpha value is -1.48. The number of hydrogen-bond donors (Lipinski definition) is 2. The Kier molecular flexibility index (Phi) is 4.78. The fraction of sp³-hybridized carbons (Fsp3) is 0.471. The third kappa shape index (κ3) is 3.40. The number of nitrogens with one attached hydrogen (secondary N) is 2. The fourth-order valence-electron chi connectivity index (χ4n) is 3.95. The lowest BCUT2D eigenvalue weighted by Crippen LogP contribution is -2.46. The summed E-state index contributed by atoms with van der Waals surface area (Å²) >= 11 is 12.5. The summed E-state index contributed by atoms with van der Waals surface area (Å²) in [5.41, 5.74) is 1.87. The van der Waals surface area contributed by atoms with Crippen molar-refractivity contribution in [3.63, 3.8) is 0 Å². The van der Waals surface area contributed by atoms with Crippen molar-refractivity contribution < 1.29 is 13.2 Å². The molecule has 1 saturated heterocycles. The van der Waals surface area contributed by atoms with Crippen LogP contribution in [0.4, 0.5) is 5.69 Å². The lowest BCUT2D eigenvalue weighted by atomic mass is 9.97. The number of benzene rings is 1. The summed E-state index contributed by atoms with van der Waals surface area (Å²) in [7, 11) is -3.70. The van der Waals surface area contributed by atoms with Gasteiger partial charge in [-0.3, -0.25) is 9.52 Å². The molecule has 1 aromatic carbocycles. The molecule has 0 spiro atoms. The second-order valence-corrected chi connectivity index (χ2v) is 9.64. The van der Waals surface area contributed by atoms with Gasteiger partial charge < -0.3 is 9.88 Å². The number of aromatic nitrogens is 1. The number of nitrogens with zero attached hydrogens (tertiary/aromatic N) is 2. The molecule has 3 heterocycles. The Morgan fingerprint density at radius 3 is 2.85 bits per heavy atom. The monoisotopic (exact) mass is 430 g/mol. The predicted octanol–water partition coefficient (Wildman–Crippen LogP) is 3.21. The highest BCUT2D eigenvalue weighted by Gasteiger charge is 2.34. The summed E-state index contributed by atoms with van der Waals surface area (Å²) in [6, 6.07) is 1.76. The molecule has 2 N–H and O–H groups in total. The zero-order valence-corrected chi connectivity index (χ0v) is 17.1. The number of halogens is 2. The largest absolute Gasteiger partial charge is 0.358 e. The third-order valence-electron chi connectivity index (χ3n) is 5.29. The zero-order chi connectivity index (χ0) is 19.3. The second-order valence-electron chi connectivity index (χ2n) is 7.15. The van der Waals surface area contributed by atoms with E-state index >= 15 is 0 Å². The van der Waals surface area contributed by atoms with Gasteiger partial charge >= 0.3 is 10.2 Å². The molecule has 1 fully saturated rings. The molecular formula is C17H20Cl2N4O3S. The Balaban J connectivity index is 1.63. The molecule has 0 saturated carbocycles. The molecule has 2 aliphatic heterocycles.